The Kier molecular flexibility index (Phi) is 5.64. The van der Waals surface area contributed by atoms with Crippen LogP contribution in [0.2, 0.25) is 5.02 Å². The molecular formula is C21H24ClNO2. The Morgan fingerprint density at radius 2 is 1.92 bits per heavy atom. The van der Waals surface area contributed by atoms with Crippen LogP contribution in [-0.2, 0) is 12.8 Å². The van der Waals surface area contributed by atoms with Gasteiger partial charge in [0, 0.05) is 5.56 Å². The zero-order valence-corrected chi connectivity index (χ0v) is 15.5. The molecule has 0 radical (unpaired) electrons. The average molecular weight is 358 g/mol. The summed E-state index contributed by atoms with van der Waals surface area (Å²) in [6.07, 6.45) is 5.68. The van der Waals surface area contributed by atoms with Gasteiger partial charge in [0.25, 0.3) is 5.91 Å². The fourth-order valence-electron chi connectivity index (χ4n) is 3.44. The number of benzene rings is 2. The van der Waals surface area contributed by atoms with Crippen molar-refractivity contribution in [2.24, 2.45) is 0 Å². The SMILES string of the molecule is CC[C@@H](NC(=O)c1ccc(OC)c(Cl)c1)c1ccc2c(c1)CCCC2. The van der Waals surface area contributed by atoms with E-state index in [1.54, 1.807) is 25.3 Å². The fraction of sp³-hybridized carbons (Fsp3) is 0.381. The number of hydrogen-bond acceptors (Lipinski definition) is 2. The molecule has 25 heavy (non-hydrogen) atoms. The molecule has 132 valence electrons. The van der Waals surface area contributed by atoms with E-state index >= 15 is 0 Å². The third-order valence-corrected chi connectivity index (χ3v) is 5.20. The topological polar surface area (TPSA) is 38.3 Å². The molecule has 2 aromatic rings. The minimum absolute atomic E-state index is 0.000559. The van der Waals surface area contributed by atoms with E-state index in [0.29, 0.717) is 16.3 Å². The summed E-state index contributed by atoms with van der Waals surface area (Å²) in [6, 6.07) is 11.7. The Balaban J connectivity index is 1.77. The van der Waals surface area contributed by atoms with Crippen molar-refractivity contribution in [3.8, 4) is 5.75 Å². The lowest BCUT2D eigenvalue weighted by Gasteiger charge is -2.22. The highest BCUT2D eigenvalue weighted by Gasteiger charge is 2.17. The molecule has 4 heteroatoms. The summed E-state index contributed by atoms with van der Waals surface area (Å²) in [5.41, 5.74) is 4.61. The molecule has 0 spiro atoms. The van der Waals surface area contributed by atoms with Crippen molar-refractivity contribution in [3.63, 3.8) is 0 Å². The van der Waals surface area contributed by atoms with Crippen molar-refractivity contribution >= 4 is 17.5 Å². The maximum absolute atomic E-state index is 12.6. The third kappa shape index (κ3) is 3.98. The summed E-state index contributed by atoms with van der Waals surface area (Å²) in [5.74, 6) is 0.453. The Morgan fingerprint density at radius 1 is 1.16 bits per heavy atom. The van der Waals surface area contributed by atoms with Crippen molar-refractivity contribution in [1.82, 2.24) is 5.32 Å². The molecule has 0 unspecified atom stereocenters. The lowest BCUT2D eigenvalue weighted by Crippen LogP contribution is -2.28. The predicted molar refractivity (Wildman–Crippen MR) is 102 cm³/mol. The molecule has 1 aliphatic rings. The molecule has 3 nitrogen and oxygen atoms in total. The van der Waals surface area contributed by atoms with Crippen molar-refractivity contribution in [2.45, 2.75) is 45.1 Å². The monoisotopic (exact) mass is 357 g/mol. The van der Waals surface area contributed by atoms with Crippen molar-refractivity contribution in [2.75, 3.05) is 7.11 Å². The second-order valence-electron chi connectivity index (χ2n) is 6.52. The number of halogens is 1. The highest BCUT2D eigenvalue weighted by atomic mass is 35.5. The van der Waals surface area contributed by atoms with E-state index in [4.69, 9.17) is 16.3 Å². The minimum Gasteiger partial charge on any atom is -0.495 e. The number of carbonyl (C=O) groups excluding carboxylic acids is 1. The van der Waals surface area contributed by atoms with Crippen LogP contribution in [0.4, 0.5) is 0 Å². The van der Waals surface area contributed by atoms with E-state index in [9.17, 15) is 4.79 Å². The van der Waals surface area contributed by atoms with Crippen LogP contribution >= 0.6 is 11.6 Å². The number of nitrogens with one attached hydrogen (secondary N) is 1. The molecule has 0 bridgehead atoms. The maximum Gasteiger partial charge on any atom is 0.251 e. The lowest BCUT2D eigenvalue weighted by atomic mass is 9.88. The van der Waals surface area contributed by atoms with E-state index in [-0.39, 0.29) is 11.9 Å². The van der Waals surface area contributed by atoms with Gasteiger partial charge in [0.1, 0.15) is 5.75 Å². The van der Waals surface area contributed by atoms with Crippen LogP contribution in [0.25, 0.3) is 0 Å². The van der Waals surface area contributed by atoms with Gasteiger partial charge in [-0.15, -0.1) is 0 Å². The Morgan fingerprint density at radius 3 is 2.60 bits per heavy atom. The molecule has 1 amide bonds. The third-order valence-electron chi connectivity index (χ3n) is 4.90. The predicted octanol–water partition coefficient (Wildman–Crippen LogP) is 5.11. The fourth-order valence-corrected chi connectivity index (χ4v) is 3.70. The molecule has 1 atom stereocenters. The van der Waals surface area contributed by atoms with E-state index in [1.165, 1.54) is 36.0 Å². The van der Waals surface area contributed by atoms with Crippen molar-refractivity contribution in [1.29, 1.82) is 0 Å². The van der Waals surface area contributed by atoms with Gasteiger partial charge in [-0.05, 0) is 67.0 Å². The molecule has 0 saturated carbocycles. The molecule has 0 aliphatic heterocycles. The first-order valence-electron chi connectivity index (χ1n) is 8.88. The number of aryl methyl sites for hydroxylation is 2. The summed E-state index contributed by atoms with van der Waals surface area (Å²) in [6.45, 7) is 2.09. The van der Waals surface area contributed by atoms with Crippen molar-refractivity contribution < 1.29 is 9.53 Å². The molecule has 0 heterocycles. The van der Waals surface area contributed by atoms with Crippen LogP contribution in [0.3, 0.4) is 0 Å². The van der Waals surface area contributed by atoms with Gasteiger partial charge in [-0.1, -0.05) is 36.7 Å². The van der Waals surface area contributed by atoms with Gasteiger partial charge in [-0.25, -0.2) is 0 Å². The summed E-state index contributed by atoms with van der Waals surface area (Å²) < 4.78 is 5.14. The normalized spacial score (nSPS) is 14.5. The second-order valence-corrected chi connectivity index (χ2v) is 6.93. The van der Waals surface area contributed by atoms with Gasteiger partial charge in [-0.3, -0.25) is 4.79 Å². The molecule has 1 aliphatic carbocycles. The first-order chi connectivity index (χ1) is 12.1. The summed E-state index contributed by atoms with van der Waals surface area (Å²) >= 11 is 6.14. The van der Waals surface area contributed by atoms with Crippen LogP contribution < -0.4 is 10.1 Å². The van der Waals surface area contributed by atoms with Gasteiger partial charge in [0.2, 0.25) is 0 Å². The molecule has 0 aromatic heterocycles. The van der Waals surface area contributed by atoms with E-state index in [1.807, 2.05) is 0 Å². The van der Waals surface area contributed by atoms with Gasteiger partial charge in [0.05, 0.1) is 18.2 Å². The van der Waals surface area contributed by atoms with Crippen LogP contribution in [0, 0.1) is 0 Å². The van der Waals surface area contributed by atoms with Crippen LogP contribution in [0.1, 0.15) is 59.3 Å². The Bertz CT molecular complexity index is 772. The quantitative estimate of drug-likeness (QED) is 0.807. The summed E-state index contributed by atoms with van der Waals surface area (Å²) in [4.78, 5) is 12.6. The van der Waals surface area contributed by atoms with Crippen molar-refractivity contribution in [3.05, 3.63) is 63.7 Å². The summed E-state index contributed by atoms with van der Waals surface area (Å²) in [7, 11) is 1.56. The molecule has 3 rings (SSSR count). The Hall–Kier alpha value is -2.00. The van der Waals surface area contributed by atoms with Gasteiger partial charge < -0.3 is 10.1 Å². The van der Waals surface area contributed by atoms with E-state index in [0.717, 1.165) is 12.8 Å². The molecular weight excluding hydrogens is 334 g/mol. The van der Waals surface area contributed by atoms with E-state index < -0.39 is 0 Å². The van der Waals surface area contributed by atoms with Crippen LogP contribution in [0.15, 0.2) is 36.4 Å². The van der Waals surface area contributed by atoms with E-state index in [2.05, 4.69) is 30.4 Å². The lowest BCUT2D eigenvalue weighted by molar-refractivity contribution is 0.0935. The largest absolute Gasteiger partial charge is 0.495 e. The zero-order chi connectivity index (χ0) is 17.8. The number of hydrogen-bond donors (Lipinski definition) is 1. The molecule has 0 saturated heterocycles. The standard InChI is InChI=1S/C21H24ClNO2/c1-3-19(16-9-8-14-6-4-5-7-15(14)12-16)23-21(24)17-10-11-20(25-2)18(22)13-17/h8-13,19H,3-7H2,1-2H3,(H,23,24)/t19-/m1/s1. The Labute approximate surface area is 154 Å². The van der Waals surface area contributed by atoms with Gasteiger partial charge >= 0.3 is 0 Å². The van der Waals surface area contributed by atoms with Crippen LogP contribution in [0.5, 0.6) is 5.75 Å². The number of methoxy groups -OCH3 is 1. The number of amides is 1. The zero-order valence-electron chi connectivity index (χ0n) is 14.8. The highest BCUT2D eigenvalue weighted by molar-refractivity contribution is 6.32. The molecule has 2 aromatic carbocycles. The number of rotatable bonds is 5. The molecule has 1 N–H and O–H groups in total. The average Bonchev–Trinajstić information content (AvgIpc) is 2.65. The number of ether oxygens (including phenoxy) is 1. The first-order valence-corrected chi connectivity index (χ1v) is 9.26. The smallest absolute Gasteiger partial charge is 0.251 e. The number of fused-ring (bicyclic) bond motifs is 1. The van der Waals surface area contributed by atoms with Gasteiger partial charge in [0.15, 0.2) is 0 Å². The maximum atomic E-state index is 12.6. The number of carbonyl (C=O) groups is 1. The van der Waals surface area contributed by atoms with Crippen LogP contribution in [-0.4, -0.2) is 13.0 Å². The first kappa shape index (κ1) is 17.8. The minimum atomic E-state index is -0.117. The highest BCUT2D eigenvalue weighted by Crippen LogP contribution is 2.27. The molecule has 0 fully saturated rings. The summed E-state index contributed by atoms with van der Waals surface area (Å²) in [5, 5.41) is 3.57. The van der Waals surface area contributed by atoms with Gasteiger partial charge in [-0.2, -0.15) is 0 Å². The second kappa shape index (κ2) is 7.92.